The average molecular weight is 619 g/mol. The van der Waals surface area contributed by atoms with E-state index in [1.807, 2.05) is 0 Å². The van der Waals surface area contributed by atoms with Gasteiger partial charge in [0.2, 0.25) is 0 Å². The van der Waals surface area contributed by atoms with Crippen LogP contribution in [0.1, 0.15) is 205 Å². The molecule has 0 unspecified atom stereocenters. The Morgan fingerprint density at radius 3 is 0.844 bits per heavy atom. The number of rotatable bonds is 32. The largest absolute Gasteiger partial charge is 0.457 e. The predicted octanol–water partition coefficient (Wildman–Crippen LogP) is 15.5. The molecule has 0 bridgehead atoms. The van der Waals surface area contributed by atoms with Gasteiger partial charge in [-0.3, -0.25) is 0 Å². The van der Waals surface area contributed by atoms with Crippen LogP contribution in [0.5, 0.6) is 11.5 Å². The summed E-state index contributed by atoms with van der Waals surface area (Å²) in [4.78, 5) is 0. The first-order valence-electron chi connectivity index (χ1n) is 20.2. The molecule has 0 fully saturated rings. The van der Waals surface area contributed by atoms with Crippen molar-refractivity contribution in [2.75, 3.05) is 0 Å². The van der Waals surface area contributed by atoms with Crippen LogP contribution in [0.15, 0.2) is 48.5 Å². The Labute approximate surface area is 281 Å². The van der Waals surface area contributed by atoms with Crippen molar-refractivity contribution in [2.45, 2.75) is 206 Å². The fraction of sp³-hybridized carbons (Fsp3) is 0.727. The zero-order valence-electron chi connectivity index (χ0n) is 30.2. The maximum atomic E-state index is 6.58. The van der Waals surface area contributed by atoms with Gasteiger partial charge in [0.15, 0.2) is 0 Å². The standard InChI is InChI=1S/C44H74O/c1-3-5-7-9-11-13-15-17-19-21-23-25-27-29-35-41-37-31-33-39-43(41)45-44-40-34-32-38-42(44)36-30-28-26-24-22-20-18-16-14-12-10-8-6-4-2/h31-34,37-40H,3-30,35-36H2,1-2H3. The summed E-state index contributed by atoms with van der Waals surface area (Å²) < 4.78 is 6.58. The van der Waals surface area contributed by atoms with E-state index in [1.165, 1.54) is 191 Å². The zero-order chi connectivity index (χ0) is 31.9. The summed E-state index contributed by atoms with van der Waals surface area (Å²) in [7, 11) is 0. The molecule has 45 heavy (non-hydrogen) atoms. The summed E-state index contributed by atoms with van der Waals surface area (Å²) in [6.07, 6.45) is 41.7. The summed E-state index contributed by atoms with van der Waals surface area (Å²) in [5.74, 6) is 2.11. The molecule has 0 aliphatic rings. The Bertz CT molecular complexity index is 828. The third kappa shape index (κ3) is 21.6. The zero-order valence-corrected chi connectivity index (χ0v) is 30.2. The van der Waals surface area contributed by atoms with Crippen LogP contribution in [0.3, 0.4) is 0 Å². The van der Waals surface area contributed by atoms with Crippen LogP contribution in [0.25, 0.3) is 0 Å². The number of para-hydroxylation sites is 2. The number of hydrogen-bond acceptors (Lipinski definition) is 1. The summed E-state index contributed by atoms with van der Waals surface area (Å²) in [5, 5.41) is 0. The van der Waals surface area contributed by atoms with Gasteiger partial charge in [0.1, 0.15) is 11.5 Å². The summed E-state index contributed by atoms with van der Waals surface area (Å²) in [5.41, 5.74) is 2.73. The fourth-order valence-corrected chi connectivity index (χ4v) is 6.76. The highest BCUT2D eigenvalue weighted by atomic mass is 16.5. The smallest absolute Gasteiger partial charge is 0.130 e. The van der Waals surface area contributed by atoms with Gasteiger partial charge < -0.3 is 4.74 Å². The molecule has 1 heteroatoms. The molecule has 0 N–H and O–H groups in total. The van der Waals surface area contributed by atoms with Crippen molar-refractivity contribution in [2.24, 2.45) is 0 Å². The van der Waals surface area contributed by atoms with Crippen molar-refractivity contribution >= 4 is 0 Å². The first kappa shape index (κ1) is 39.4. The van der Waals surface area contributed by atoms with Crippen LogP contribution in [-0.2, 0) is 12.8 Å². The minimum absolute atomic E-state index is 1.06. The monoisotopic (exact) mass is 619 g/mol. The Morgan fingerprint density at radius 1 is 0.311 bits per heavy atom. The van der Waals surface area contributed by atoms with Crippen molar-refractivity contribution in [3.05, 3.63) is 59.7 Å². The molecule has 1 nitrogen and oxygen atoms in total. The molecule has 0 amide bonds. The van der Waals surface area contributed by atoms with Gasteiger partial charge in [-0.05, 0) is 48.9 Å². The van der Waals surface area contributed by atoms with E-state index in [1.54, 1.807) is 0 Å². The molecular weight excluding hydrogens is 544 g/mol. The SMILES string of the molecule is CCCCCCCCCCCCCCCCc1ccccc1Oc1ccccc1CCCCCCCCCCCCCCCC. The van der Waals surface area contributed by atoms with E-state index in [0.717, 1.165) is 24.3 Å². The average Bonchev–Trinajstić information content (AvgIpc) is 3.06. The highest BCUT2D eigenvalue weighted by Gasteiger charge is 2.08. The molecule has 256 valence electrons. The van der Waals surface area contributed by atoms with Crippen LogP contribution >= 0.6 is 0 Å². The minimum Gasteiger partial charge on any atom is -0.457 e. The van der Waals surface area contributed by atoms with Gasteiger partial charge in [-0.1, -0.05) is 217 Å². The molecular formula is C44H74O. The van der Waals surface area contributed by atoms with Crippen molar-refractivity contribution in [1.29, 1.82) is 0 Å². The van der Waals surface area contributed by atoms with Crippen LogP contribution < -0.4 is 4.74 Å². The first-order valence-corrected chi connectivity index (χ1v) is 20.2. The molecule has 0 saturated carbocycles. The lowest BCUT2D eigenvalue weighted by molar-refractivity contribution is 0.466. The Morgan fingerprint density at radius 2 is 0.556 bits per heavy atom. The van der Waals surface area contributed by atoms with Crippen LogP contribution in [0, 0.1) is 0 Å². The number of ether oxygens (including phenoxy) is 1. The Hall–Kier alpha value is -1.76. The lowest BCUT2D eigenvalue weighted by atomic mass is 10.0. The van der Waals surface area contributed by atoms with Crippen LogP contribution in [0.2, 0.25) is 0 Å². The molecule has 0 spiro atoms. The van der Waals surface area contributed by atoms with Gasteiger partial charge in [-0.15, -0.1) is 0 Å². The molecule has 0 saturated heterocycles. The molecule has 2 rings (SSSR count). The molecule has 2 aromatic rings. The second-order valence-corrected chi connectivity index (χ2v) is 14.0. The van der Waals surface area contributed by atoms with Crippen molar-refractivity contribution in [3.8, 4) is 11.5 Å². The number of hydrogen-bond donors (Lipinski definition) is 0. The topological polar surface area (TPSA) is 9.23 Å². The van der Waals surface area contributed by atoms with E-state index in [0.29, 0.717) is 0 Å². The Balaban J connectivity index is 1.54. The summed E-state index contributed by atoms with van der Waals surface area (Å²) in [6.45, 7) is 4.60. The van der Waals surface area contributed by atoms with E-state index >= 15 is 0 Å². The molecule has 0 atom stereocenters. The van der Waals surface area contributed by atoms with Crippen LogP contribution in [0.4, 0.5) is 0 Å². The van der Waals surface area contributed by atoms with Gasteiger partial charge in [-0.25, -0.2) is 0 Å². The molecule has 0 aromatic heterocycles. The van der Waals surface area contributed by atoms with Crippen LogP contribution in [-0.4, -0.2) is 0 Å². The lowest BCUT2D eigenvalue weighted by Crippen LogP contribution is -1.96. The van der Waals surface area contributed by atoms with E-state index in [4.69, 9.17) is 4.74 Å². The molecule has 0 aliphatic carbocycles. The molecule has 0 heterocycles. The first-order chi connectivity index (χ1) is 22.3. The fourth-order valence-electron chi connectivity index (χ4n) is 6.76. The highest BCUT2D eigenvalue weighted by Crippen LogP contribution is 2.30. The normalized spacial score (nSPS) is 11.3. The van der Waals surface area contributed by atoms with E-state index in [-0.39, 0.29) is 0 Å². The van der Waals surface area contributed by atoms with Gasteiger partial charge in [0.05, 0.1) is 0 Å². The third-order valence-electron chi connectivity index (χ3n) is 9.76. The predicted molar refractivity (Wildman–Crippen MR) is 201 cm³/mol. The Kier molecular flexibility index (Phi) is 26.0. The van der Waals surface area contributed by atoms with Gasteiger partial charge in [0.25, 0.3) is 0 Å². The lowest BCUT2D eigenvalue weighted by Gasteiger charge is -2.14. The van der Waals surface area contributed by atoms with E-state index < -0.39 is 0 Å². The van der Waals surface area contributed by atoms with E-state index in [2.05, 4.69) is 62.4 Å². The maximum Gasteiger partial charge on any atom is 0.130 e. The third-order valence-corrected chi connectivity index (χ3v) is 9.76. The second kappa shape index (κ2) is 29.6. The number of benzene rings is 2. The van der Waals surface area contributed by atoms with Crippen molar-refractivity contribution in [3.63, 3.8) is 0 Å². The maximum absolute atomic E-state index is 6.58. The number of aryl methyl sites for hydroxylation is 2. The quantitative estimate of drug-likeness (QED) is 0.0741. The molecule has 0 aliphatic heterocycles. The van der Waals surface area contributed by atoms with E-state index in [9.17, 15) is 0 Å². The van der Waals surface area contributed by atoms with Gasteiger partial charge >= 0.3 is 0 Å². The number of unbranched alkanes of at least 4 members (excludes halogenated alkanes) is 26. The molecule has 0 radical (unpaired) electrons. The summed E-state index contributed by atoms with van der Waals surface area (Å²) >= 11 is 0. The minimum atomic E-state index is 1.06. The molecule has 2 aromatic carbocycles. The van der Waals surface area contributed by atoms with Crippen molar-refractivity contribution in [1.82, 2.24) is 0 Å². The van der Waals surface area contributed by atoms with Gasteiger partial charge in [0, 0.05) is 0 Å². The highest BCUT2D eigenvalue weighted by molar-refractivity contribution is 5.41. The summed E-state index contributed by atoms with van der Waals surface area (Å²) in [6, 6.07) is 17.5. The second-order valence-electron chi connectivity index (χ2n) is 14.0. The van der Waals surface area contributed by atoms with Gasteiger partial charge in [-0.2, -0.15) is 0 Å². The van der Waals surface area contributed by atoms with Crippen molar-refractivity contribution < 1.29 is 4.74 Å².